The molecule has 1 saturated carbocycles. The van der Waals surface area contributed by atoms with E-state index < -0.39 is 0 Å². The lowest BCUT2D eigenvalue weighted by atomic mass is 9.87. The minimum absolute atomic E-state index is 0.131. The molecule has 1 aromatic carbocycles. The summed E-state index contributed by atoms with van der Waals surface area (Å²) in [5, 5.41) is 12.1. The molecule has 102 valence electrons. The number of hydrogen-bond acceptors (Lipinski definition) is 2. The van der Waals surface area contributed by atoms with Crippen molar-refractivity contribution in [3.63, 3.8) is 0 Å². The molecule has 0 amide bonds. The summed E-state index contributed by atoms with van der Waals surface area (Å²) in [5.74, 6) is 0.465. The average Bonchev–Trinajstić information content (AvgIpc) is 2.46. The van der Waals surface area contributed by atoms with Crippen LogP contribution in [-0.2, 0) is 6.54 Å². The smallest absolute Gasteiger partial charge is 0.145 e. The Hall–Kier alpha value is -1.40. The fourth-order valence-corrected chi connectivity index (χ4v) is 2.81. The Labute approximate surface area is 114 Å². The van der Waals surface area contributed by atoms with Crippen molar-refractivity contribution in [2.24, 2.45) is 5.92 Å². The third-order valence-corrected chi connectivity index (χ3v) is 3.97. The number of hydrogen-bond donors (Lipinski definition) is 1. The lowest BCUT2D eigenvalue weighted by molar-refractivity contribution is 0.333. The highest BCUT2D eigenvalue weighted by molar-refractivity contribution is 5.34. The molecule has 1 fully saturated rings. The van der Waals surface area contributed by atoms with Crippen molar-refractivity contribution in [2.45, 2.75) is 45.1 Å². The second-order valence-electron chi connectivity index (χ2n) is 5.36. The minimum Gasteiger partial charge on any atom is -0.313 e. The number of nitrogens with one attached hydrogen (secondary N) is 1. The van der Waals surface area contributed by atoms with Gasteiger partial charge in [-0.25, -0.2) is 4.39 Å². The Morgan fingerprint density at radius 1 is 1.26 bits per heavy atom. The summed E-state index contributed by atoms with van der Waals surface area (Å²) in [5.41, 5.74) is 0.717. The van der Waals surface area contributed by atoms with Gasteiger partial charge in [0.2, 0.25) is 0 Å². The molecule has 0 atom stereocenters. The Morgan fingerprint density at radius 2 is 2.05 bits per heavy atom. The monoisotopic (exact) mass is 260 g/mol. The molecule has 0 aromatic heterocycles. The predicted molar refractivity (Wildman–Crippen MR) is 74.0 cm³/mol. The van der Waals surface area contributed by atoms with E-state index in [9.17, 15) is 4.39 Å². The summed E-state index contributed by atoms with van der Waals surface area (Å²) >= 11 is 0. The van der Waals surface area contributed by atoms with Crippen molar-refractivity contribution in [3.05, 3.63) is 35.1 Å². The van der Waals surface area contributed by atoms with Gasteiger partial charge >= 0.3 is 0 Å². The number of halogens is 1. The fourth-order valence-electron chi connectivity index (χ4n) is 2.81. The van der Waals surface area contributed by atoms with Gasteiger partial charge in [0.15, 0.2) is 0 Å². The van der Waals surface area contributed by atoms with Crippen LogP contribution in [0.25, 0.3) is 0 Å². The van der Waals surface area contributed by atoms with E-state index in [0.29, 0.717) is 12.1 Å². The summed E-state index contributed by atoms with van der Waals surface area (Å²) in [6.07, 6.45) is 7.99. The van der Waals surface area contributed by atoms with Crippen molar-refractivity contribution in [1.82, 2.24) is 5.32 Å². The summed E-state index contributed by atoms with van der Waals surface area (Å²) in [7, 11) is 0. The van der Waals surface area contributed by atoms with Crippen LogP contribution in [0.5, 0.6) is 0 Å². The zero-order chi connectivity index (χ0) is 13.5. The highest BCUT2D eigenvalue weighted by Crippen LogP contribution is 2.25. The molecule has 0 saturated heterocycles. The van der Waals surface area contributed by atoms with Gasteiger partial charge in [-0.05, 0) is 24.9 Å². The van der Waals surface area contributed by atoms with Gasteiger partial charge in [-0.2, -0.15) is 5.26 Å². The Bertz CT molecular complexity index is 445. The summed E-state index contributed by atoms with van der Waals surface area (Å²) in [6.45, 7) is 1.44. The van der Waals surface area contributed by atoms with Crippen LogP contribution in [-0.4, -0.2) is 6.54 Å². The van der Waals surface area contributed by atoms with Crippen molar-refractivity contribution in [2.75, 3.05) is 6.54 Å². The van der Waals surface area contributed by atoms with Crippen molar-refractivity contribution in [1.29, 1.82) is 5.26 Å². The second kappa shape index (κ2) is 7.25. The first-order valence-corrected chi connectivity index (χ1v) is 7.19. The molecule has 3 heteroatoms. The molecule has 0 aliphatic heterocycles. The quantitative estimate of drug-likeness (QED) is 0.818. The SMILES string of the molecule is N#Cc1cccc(CNCCC2CCCCC2)c1F. The van der Waals surface area contributed by atoms with Crippen molar-refractivity contribution >= 4 is 0 Å². The fraction of sp³-hybridized carbons (Fsp3) is 0.562. The first-order chi connectivity index (χ1) is 9.31. The molecule has 1 aliphatic rings. The molecule has 2 rings (SSSR count). The summed E-state index contributed by atoms with van der Waals surface area (Å²) in [6, 6.07) is 6.87. The first kappa shape index (κ1) is 14.0. The van der Waals surface area contributed by atoms with Crippen LogP contribution in [0.3, 0.4) is 0 Å². The van der Waals surface area contributed by atoms with Gasteiger partial charge in [0, 0.05) is 12.1 Å². The molecule has 0 unspecified atom stereocenters. The van der Waals surface area contributed by atoms with E-state index in [1.54, 1.807) is 12.1 Å². The van der Waals surface area contributed by atoms with E-state index in [1.807, 2.05) is 6.07 Å². The average molecular weight is 260 g/mol. The zero-order valence-corrected chi connectivity index (χ0v) is 11.3. The third-order valence-electron chi connectivity index (χ3n) is 3.97. The van der Waals surface area contributed by atoms with Gasteiger partial charge < -0.3 is 5.32 Å². The highest BCUT2D eigenvalue weighted by Gasteiger charge is 2.13. The Kier molecular flexibility index (Phi) is 5.35. The van der Waals surface area contributed by atoms with Gasteiger partial charge in [-0.3, -0.25) is 0 Å². The van der Waals surface area contributed by atoms with Crippen molar-refractivity contribution < 1.29 is 4.39 Å². The third kappa shape index (κ3) is 4.04. The maximum absolute atomic E-state index is 13.8. The van der Waals surface area contributed by atoms with E-state index in [2.05, 4.69) is 5.32 Å². The van der Waals surface area contributed by atoms with E-state index in [1.165, 1.54) is 44.6 Å². The molecular weight excluding hydrogens is 239 g/mol. The molecule has 0 radical (unpaired) electrons. The van der Waals surface area contributed by atoms with Crippen LogP contribution >= 0.6 is 0 Å². The molecule has 2 nitrogen and oxygen atoms in total. The van der Waals surface area contributed by atoms with Crippen LogP contribution in [0.4, 0.5) is 4.39 Å². The lowest BCUT2D eigenvalue weighted by Crippen LogP contribution is -2.19. The van der Waals surface area contributed by atoms with Gasteiger partial charge in [0.25, 0.3) is 0 Å². The molecule has 1 aliphatic carbocycles. The topological polar surface area (TPSA) is 35.8 Å². The highest BCUT2D eigenvalue weighted by atomic mass is 19.1. The van der Waals surface area contributed by atoms with E-state index >= 15 is 0 Å². The van der Waals surface area contributed by atoms with E-state index in [4.69, 9.17) is 5.26 Å². The molecule has 0 spiro atoms. The largest absolute Gasteiger partial charge is 0.313 e. The zero-order valence-electron chi connectivity index (χ0n) is 11.3. The van der Waals surface area contributed by atoms with Crippen molar-refractivity contribution in [3.8, 4) is 6.07 Å². The molecule has 1 N–H and O–H groups in total. The maximum Gasteiger partial charge on any atom is 0.145 e. The number of rotatable bonds is 5. The van der Waals surface area contributed by atoms with E-state index in [-0.39, 0.29) is 11.4 Å². The maximum atomic E-state index is 13.8. The predicted octanol–water partition coefficient (Wildman–Crippen LogP) is 3.76. The van der Waals surface area contributed by atoms with Crippen LogP contribution in [0.15, 0.2) is 18.2 Å². The minimum atomic E-state index is -0.379. The Morgan fingerprint density at radius 3 is 2.79 bits per heavy atom. The summed E-state index contributed by atoms with van der Waals surface area (Å²) < 4.78 is 13.8. The van der Waals surface area contributed by atoms with Gasteiger partial charge in [0.1, 0.15) is 11.9 Å². The molecule has 0 bridgehead atoms. The van der Waals surface area contributed by atoms with E-state index in [0.717, 1.165) is 12.5 Å². The molecule has 0 heterocycles. The number of nitriles is 1. The van der Waals surface area contributed by atoms with Gasteiger partial charge in [0.05, 0.1) is 5.56 Å². The normalized spacial score (nSPS) is 16.2. The Balaban J connectivity index is 1.75. The van der Waals surface area contributed by atoms with Crippen LogP contribution in [0.1, 0.15) is 49.7 Å². The second-order valence-corrected chi connectivity index (χ2v) is 5.36. The van der Waals surface area contributed by atoms with Gasteiger partial charge in [-0.1, -0.05) is 44.2 Å². The first-order valence-electron chi connectivity index (χ1n) is 7.19. The molecular formula is C16H21FN2. The van der Waals surface area contributed by atoms with Crippen LogP contribution in [0, 0.1) is 23.1 Å². The number of nitrogens with zero attached hydrogens (tertiary/aromatic N) is 1. The molecule has 1 aromatic rings. The lowest BCUT2D eigenvalue weighted by Gasteiger charge is -2.21. The van der Waals surface area contributed by atoms with Crippen LogP contribution < -0.4 is 5.32 Å². The van der Waals surface area contributed by atoms with Crippen LogP contribution in [0.2, 0.25) is 0 Å². The summed E-state index contributed by atoms with van der Waals surface area (Å²) in [4.78, 5) is 0. The number of benzene rings is 1. The van der Waals surface area contributed by atoms with Gasteiger partial charge in [-0.15, -0.1) is 0 Å². The standard InChI is InChI=1S/C16H21FN2/c17-16-14(11-18)7-4-8-15(16)12-19-10-9-13-5-2-1-3-6-13/h4,7-8,13,19H,1-3,5-6,9-10,12H2. The molecule has 19 heavy (non-hydrogen) atoms.